The molecule has 1 N–H and O–H groups in total. The number of nitrogens with zero attached hydrogens (tertiary/aromatic N) is 6. The maximum absolute atomic E-state index is 14.1. The predicted octanol–water partition coefficient (Wildman–Crippen LogP) is 4.95. The molecule has 37 heavy (non-hydrogen) atoms. The quantitative estimate of drug-likeness (QED) is 0.350. The monoisotopic (exact) mass is 505 g/mol. The number of alkyl halides is 2. The molecule has 0 aliphatic carbocycles. The Morgan fingerprint density at radius 1 is 1.11 bits per heavy atom. The van der Waals surface area contributed by atoms with Gasteiger partial charge in [0.25, 0.3) is 12.3 Å². The Kier molecular flexibility index (Phi) is 6.06. The lowest BCUT2D eigenvalue weighted by atomic mass is 9.97. The zero-order valence-electron chi connectivity index (χ0n) is 20.7. The molecule has 4 heterocycles. The molecule has 190 valence electrons. The molecule has 11 heteroatoms. The number of carbonyl (C=O) groups excluding carboxylic acids is 1. The lowest BCUT2D eigenvalue weighted by Gasteiger charge is -2.13. The molecule has 0 saturated carbocycles. The molecule has 0 aliphatic heterocycles. The molecule has 1 aromatic carbocycles. The van der Waals surface area contributed by atoms with Crippen LogP contribution in [0.3, 0.4) is 0 Å². The number of rotatable bonds is 6. The molecular formula is C26H25F2N7O2. The van der Waals surface area contributed by atoms with Crippen molar-refractivity contribution in [2.24, 2.45) is 7.05 Å². The minimum absolute atomic E-state index is 0.0955. The maximum atomic E-state index is 14.1. The van der Waals surface area contributed by atoms with Gasteiger partial charge >= 0.3 is 0 Å². The molecule has 5 rings (SSSR count). The summed E-state index contributed by atoms with van der Waals surface area (Å²) in [7, 11) is 1.80. The second-order valence-corrected chi connectivity index (χ2v) is 9.72. The fourth-order valence-corrected chi connectivity index (χ4v) is 3.93. The Hall–Kier alpha value is -4.41. The van der Waals surface area contributed by atoms with E-state index < -0.39 is 12.3 Å². The number of aryl methyl sites for hydroxylation is 1. The number of nitrogens with one attached hydrogen (secondary N) is 1. The highest BCUT2D eigenvalue weighted by molar-refractivity contribution is 5.92. The number of halogens is 2. The van der Waals surface area contributed by atoms with Gasteiger partial charge in [0, 0.05) is 41.9 Å². The highest BCUT2D eigenvalue weighted by atomic mass is 19.3. The minimum Gasteiger partial charge on any atom is -0.448 e. The van der Waals surface area contributed by atoms with Crippen LogP contribution in [0.25, 0.3) is 28.0 Å². The van der Waals surface area contributed by atoms with E-state index in [2.05, 4.69) is 20.5 Å². The van der Waals surface area contributed by atoms with Crippen LogP contribution in [0.15, 0.2) is 59.7 Å². The van der Waals surface area contributed by atoms with E-state index in [4.69, 9.17) is 9.40 Å². The van der Waals surface area contributed by atoms with Crippen molar-refractivity contribution in [3.05, 3.63) is 78.0 Å². The molecule has 5 aromatic rings. The van der Waals surface area contributed by atoms with Crippen LogP contribution in [0.2, 0.25) is 0 Å². The van der Waals surface area contributed by atoms with Crippen LogP contribution in [-0.4, -0.2) is 35.3 Å². The summed E-state index contributed by atoms with van der Waals surface area (Å²) in [5.41, 5.74) is 2.91. The predicted molar refractivity (Wildman–Crippen MR) is 132 cm³/mol. The smallest absolute Gasteiger partial charge is 0.273 e. The van der Waals surface area contributed by atoms with Crippen LogP contribution < -0.4 is 5.32 Å². The third-order valence-corrected chi connectivity index (χ3v) is 5.86. The molecule has 0 radical (unpaired) electrons. The van der Waals surface area contributed by atoms with Gasteiger partial charge in [0.1, 0.15) is 6.26 Å². The number of hydrogen-bond donors (Lipinski definition) is 1. The highest BCUT2D eigenvalue weighted by Gasteiger charge is 2.23. The van der Waals surface area contributed by atoms with E-state index >= 15 is 0 Å². The van der Waals surface area contributed by atoms with E-state index in [0.29, 0.717) is 33.9 Å². The van der Waals surface area contributed by atoms with E-state index in [9.17, 15) is 13.6 Å². The van der Waals surface area contributed by atoms with Crippen molar-refractivity contribution in [3.63, 3.8) is 0 Å². The van der Waals surface area contributed by atoms with E-state index in [1.54, 1.807) is 53.0 Å². The van der Waals surface area contributed by atoms with Gasteiger partial charge in [-0.05, 0) is 17.7 Å². The van der Waals surface area contributed by atoms with Crippen LogP contribution in [-0.2, 0) is 19.0 Å². The van der Waals surface area contributed by atoms with Crippen molar-refractivity contribution < 1.29 is 18.0 Å². The Bertz CT molecular complexity index is 1590. The molecule has 0 fully saturated rings. The minimum atomic E-state index is -2.76. The molecule has 4 aromatic heterocycles. The Labute approximate surface area is 211 Å². The van der Waals surface area contributed by atoms with Gasteiger partial charge in [-0.2, -0.15) is 10.2 Å². The summed E-state index contributed by atoms with van der Waals surface area (Å²) in [6.45, 7) is 5.64. The molecular weight excluding hydrogens is 480 g/mol. The van der Waals surface area contributed by atoms with Crippen molar-refractivity contribution >= 4 is 11.4 Å². The normalized spacial score (nSPS) is 12.0. The summed E-state index contributed by atoms with van der Waals surface area (Å²) < 4.78 is 36.9. The highest BCUT2D eigenvalue weighted by Crippen LogP contribution is 2.32. The number of fused-ring (bicyclic) bond motifs is 1. The van der Waals surface area contributed by atoms with Crippen molar-refractivity contribution in [1.29, 1.82) is 0 Å². The number of aromatic nitrogens is 6. The molecule has 1 amide bonds. The summed E-state index contributed by atoms with van der Waals surface area (Å²) in [5, 5.41) is 11.2. The topological polar surface area (TPSA) is 103 Å². The van der Waals surface area contributed by atoms with Gasteiger partial charge in [-0.1, -0.05) is 32.9 Å². The van der Waals surface area contributed by atoms with E-state index in [0.717, 1.165) is 5.56 Å². The van der Waals surface area contributed by atoms with Crippen molar-refractivity contribution in [2.75, 3.05) is 0 Å². The van der Waals surface area contributed by atoms with E-state index in [1.807, 2.05) is 27.0 Å². The van der Waals surface area contributed by atoms with Gasteiger partial charge in [-0.3, -0.25) is 9.48 Å². The van der Waals surface area contributed by atoms with Crippen LogP contribution in [0, 0.1) is 0 Å². The van der Waals surface area contributed by atoms with Crippen molar-refractivity contribution in [2.45, 2.75) is 39.2 Å². The summed E-state index contributed by atoms with van der Waals surface area (Å²) in [6, 6.07) is 6.47. The Morgan fingerprint density at radius 3 is 2.59 bits per heavy atom. The summed E-state index contributed by atoms with van der Waals surface area (Å²) in [5.74, 6) is -0.0853. The Balaban J connectivity index is 1.45. The van der Waals surface area contributed by atoms with Crippen molar-refractivity contribution in [1.82, 2.24) is 34.7 Å². The number of benzene rings is 1. The van der Waals surface area contributed by atoms with Crippen LogP contribution in [0.4, 0.5) is 8.78 Å². The van der Waals surface area contributed by atoms with Gasteiger partial charge in [0.15, 0.2) is 11.6 Å². The summed E-state index contributed by atoms with van der Waals surface area (Å²) in [4.78, 5) is 21.5. The first-order valence-corrected chi connectivity index (χ1v) is 11.6. The van der Waals surface area contributed by atoms with Gasteiger partial charge < -0.3 is 9.73 Å². The fraction of sp³-hybridized carbons (Fsp3) is 0.269. The summed E-state index contributed by atoms with van der Waals surface area (Å²) >= 11 is 0. The largest absolute Gasteiger partial charge is 0.448 e. The number of hydrogen-bond acceptors (Lipinski definition) is 6. The first-order chi connectivity index (χ1) is 17.6. The lowest BCUT2D eigenvalue weighted by Crippen LogP contribution is -2.24. The van der Waals surface area contributed by atoms with Crippen LogP contribution >= 0.6 is 0 Å². The molecule has 0 saturated heterocycles. The maximum Gasteiger partial charge on any atom is 0.273 e. The van der Waals surface area contributed by atoms with Gasteiger partial charge in [-0.25, -0.2) is 23.3 Å². The standard InChI is InChI=1S/C26H25F2N7O2/c1-26(2,3)25-33-20(14-37-25)24(36)29-10-16-6-5-15(9-18(16)23(27)28)22-21-7-8-30-35(21)13-19(32-22)17-11-31-34(4)12-17/h5-9,11-14,23H,10H2,1-4H3,(H,29,36). The zero-order chi connectivity index (χ0) is 26.3. The van der Waals surface area contributed by atoms with Crippen LogP contribution in [0.5, 0.6) is 0 Å². The fourth-order valence-electron chi connectivity index (χ4n) is 3.93. The average Bonchev–Trinajstić information content (AvgIpc) is 3.61. The number of amides is 1. The molecule has 9 nitrogen and oxygen atoms in total. The van der Waals surface area contributed by atoms with Gasteiger partial charge in [0.05, 0.1) is 35.5 Å². The third-order valence-electron chi connectivity index (χ3n) is 5.86. The van der Waals surface area contributed by atoms with Gasteiger partial charge in [-0.15, -0.1) is 0 Å². The van der Waals surface area contributed by atoms with Gasteiger partial charge in [0.2, 0.25) is 0 Å². The molecule has 0 spiro atoms. The van der Waals surface area contributed by atoms with Crippen LogP contribution in [0.1, 0.15) is 54.7 Å². The third kappa shape index (κ3) is 4.84. The average molecular weight is 506 g/mol. The first kappa shape index (κ1) is 24.3. The molecule has 0 aliphatic rings. The molecule has 0 unspecified atom stereocenters. The second kappa shape index (κ2) is 9.23. The van der Waals surface area contributed by atoms with E-state index in [-0.39, 0.29) is 23.2 Å². The molecule has 0 bridgehead atoms. The van der Waals surface area contributed by atoms with Crippen molar-refractivity contribution in [3.8, 4) is 22.5 Å². The number of oxazole rings is 1. The number of carbonyl (C=O) groups is 1. The first-order valence-electron chi connectivity index (χ1n) is 11.6. The molecule has 0 atom stereocenters. The van der Waals surface area contributed by atoms with E-state index in [1.165, 1.54) is 12.3 Å². The second-order valence-electron chi connectivity index (χ2n) is 9.72. The SMILES string of the molecule is Cn1cc(-c2cn3nccc3c(-c3ccc(CNC(=O)c4coc(C(C)(C)C)n4)c(C(F)F)c3)n2)cn1. The zero-order valence-corrected chi connectivity index (χ0v) is 20.7. The summed E-state index contributed by atoms with van der Waals surface area (Å²) in [6.07, 6.45) is 5.40. The lowest BCUT2D eigenvalue weighted by molar-refractivity contribution is 0.0944. The Morgan fingerprint density at radius 2 is 1.92 bits per heavy atom.